The second kappa shape index (κ2) is 11.4. The topological polar surface area (TPSA) is 94.6 Å². The summed E-state index contributed by atoms with van der Waals surface area (Å²) in [5.41, 5.74) is -2.06. The van der Waals surface area contributed by atoms with Crippen LogP contribution in [0.25, 0.3) is 10.6 Å². The fourth-order valence-electron chi connectivity index (χ4n) is 3.06. The standard InChI is InChI=1S/C24H18ClF5N2O5S/c1-4-36-23(35)19-20(10(2)33)38-22(32-19)12-9-17(37-11(3)24(28,29)30)13(8-16(12)27)21(34)31-18-14(25)6-5-7-15(18)26/h5-9,11H,4H2,1-3H3,(H,31,34). The van der Waals surface area contributed by atoms with Crippen molar-refractivity contribution >= 4 is 46.3 Å². The molecule has 0 saturated heterocycles. The number of hydrogen-bond donors (Lipinski definition) is 1. The van der Waals surface area contributed by atoms with Crippen LogP contribution in [0.2, 0.25) is 5.02 Å². The number of hydrogen-bond acceptors (Lipinski definition) is 7. The highest BCUT2D eigenvalue weighted by atomic mass is 35.5. The van der Waals surface area contributed by atoms with E-state index in [1.165, 1.54) is 19.1 Å². The van der Waals surface area contributed by atoms with Crippen LogP contribution in [0.15, 0.2) is 30.3 Å². The van der Waals surface area contributed by atoms with Gasteiger partial charge in [-0.2, -0.15) is 13.2 Å². The Labute approximate surface area is 221 Å². The Balaban J connectivity index is 2.15. The van der Waals surface area contributed by atoms with Crippen molar-refractivity contribution in [1.82, 2.24) is 4.98 Å². The lowest BCUT2D eigenvalue weighted by Crippen LogP contribution is -2.32. The van der Waals surface area contributed by atoms with Gasteiger partial charge < -0.3 is 14.8 Å². The van der Waals surface area contributed by atoms with E-state index in [1.54, 1.807) is 0 Å². The van der Waals surface area contributed by atoms with Crippen molar-refractivity contribution < 1.29 is 45.8 Å². The molecular formula is C24H18ClF5N2O5S. The molecule has 7 nitrogen and oxygen atoms in total. The molecule has 2 aromatic carbocycles. The van der Waals surface area contributed by atoms with Crippen LogP contribution in [0.4, 0.5) is 27.6 Å². The van der Waals surface area contributed by atoms with E-state index in [2.05, 4.69) is 10.3 Å². The number of carbonyl (C=O) groups is 3. The first kappa shape index (κ1) is 29.0. The minimum absolute atomic E-state index is 0.0411. The van der Waals surface area contributed by atoms with Crippen molar-refractivity contribution in [2.75, 3.05) is 11.9 Å². The number of nitrogens with one attached hydrogen (secondary N) is 1. The van der Waals surface area contributed by atoms with Crippen LogP contribution in [-0.4, -0.2) is 41.5 Å². The Morgan fingerprint density at radius 3 is 2.42 bits per heavy atom. The smallest absolute Gasteiger partial charge is 0.425 e. The number of ether oxygens (including phenoxy) is 2. The maximum Gasteiger partial charge on any atom is 0.425 e. The van der Waals surface area contributed by atoms with E-state index in [0.717, 1.165) is 19.1 Å². The van der Waals surface area contributed by atoms with Crippen molar-refractivity contribution in [3.8, 4) is 16.3 Å². The van der Waals surface area contributed by atoms with Crippen LogP contribution in [0.5, 0.6) is 5.75 Å². The van der Waals surface area contributed by atoms with E-state index in [4.69, 9.17) is 21.1 Å². The van der Waals surface area contributed by atoms with Gasteiger partial charge in [0.25, 0.3) is 5.91 Å². The number of amides is 1. The van der Waals surface area contributed by atoms with E-state index in [-0.39, 0.29) is 21.5 Å². The molecule has 14 heteroatoms. The van der Waals surface area contributed by atoms with Gasteiger partial charge in [-0.25, -0.2) is 18.6 Å². The predicted molar refractivity (Wildman–Crippen MR) is 129 cm³/mol. The largest absolute Gasteiger partial charge is 0.480 e. The highest BCUT2D eigenvalue weighted by molar-refractivity contribution is 7.17. The van der Waals surface area contributed by atoms with E-state index in [1.807, 2.05) is 0 Å². The molecule has 0 aliphatic heterocycles. The van der Waals surface area contributed by atoms with Crippen LogP contribution < -0.4 is 10.1 Å². The first-order valence-corrected chi connectivity index (χ1v) is 12.0. The molecule has 1 amide bonds. The Morgan fingerprint density at radius 1 is 1.16 bits per heavy atom. The van der Waals surface area contributed by atoms with Gasteiger partial charge in [0.1, 0.15) is 27.3 Å². The Hall–Kier alpha value is -3.58. The van der Waals surface area contributed by atoms with Gasteiger partial charge in [0.2, 0.25) is 0 Å². The Kier molecular flexibility index (Phi) is 8.72. The zero-order valence-corrected chi connectivity index (χ0v) is 21.4. The van der Waals surface area contributed by atoms with E-state index >= 15 is 4.39 Å². The Bertz CT molecular complexity index is 1390. The number of esters is 1. The third kappa shape index (κ3) is 6.27. The summed E-state index contributed by atoms with van der Waals surface area (Å²) in [6.45, 7) is 3.27. The average Bonchev–Trinajstić information content (AvgIpc) is 3.27. The lowest BCUT2D eigenvalue weighted by atomic mass is 10.1. The summed E-state index contributed by atoms with van der Waals surface area (Å²) in [4.78, 5) is 40.9. The highest BCUT2D eigenvalue weighted by Crippen LogP contribution is 2.37. The molecule has 38 heavy (non-hydrogen) atoms. The van der Waals surface area contributed by atoms with Gasteiger partial charge in [-0.3, -0.25) is 9.59 Å². The lowest BCUT2D eigenvalue weighted by Gasteiger charge is -2.20. The van der Waals surface area contributed by atoms with Gasteiger partial charge in [-0.1, -0.05) is 17.7 Å². The van der Waals surface area contributed by atoms with Crippen LogP contribution >= 0.6 is 22.9 Å². The summed E-state index contributed by atoms with van der Waals surface area (Å²) in [5.74, 6) is -5.59. The van der Waals surface area contributed by atoms with Crippen LogP contribution in [0.1, 0.15) is 51.3 Å². The zero-order chi connectivity index (χ0) is 28.4. The molecule has 0 bridgehead atoms. The van der Waals surface area contributed by atoms with Gasteiger partial charge >= 0.3 is 12.1 Å². The molecule has 1 heterocycles. The van der Waals surface area contributed by atoms with Crippen molar-refractivity contribution in [3.05, 3.63) is 63.1 Å². The third-order valence-corrected chi connectivity index (χ3v) is 6.43. The number of aromatic nitrogens is 1. The third-order valence-electron chi connectivity index (χ3n) is 4.93. The summed E-state index contributed by atoms with van der Waals surface area (Å²) in [6, 6.07) is 4.83. The molecule has 202 valence electrons. The van der Waals surface area contributed by atoms with Crippen molar-refractivity contribution in [3.63, 3.8) is 0 Å². The summed E-state index contributed by atoms with van der Waals surface area (Å²) in [6.07, 6.45) is -7.31. The second-order valence-electron chi connectivity index (χ2n) is 7.65. The minimum atomic E-state index is -4.86. The second-order valence-corrected chi connectivity index (χ2v) is 9.06. The number of benzene rings is 2. The summed E-state index contributed by atoms with van der Waals surface area (Å²) in [7, 11) is 0. The van der Waals surface area contributed by atoms with Gasteiger partial charge in [0, 0.05) is 12.5 Å². The molecule has 1 aromatic heterocycles. The monoisotopic (exact) mass is 576 g/mol. The van der Waals surface area contributed by atoms with Crippen LogP contribution in [0, 0.1) is 11.6 Å². The van der Waals surface area contributed by atoms with E-state index in [0.29, 0.717) is 24.3 Å². The lowest BCUT2D eigenvalue weighted by molar-refractivity contribution is -0.189. The number of anilines is 1. The van der Waals surface area contributed by atoms with E-state index < -0.39 is 69.8 Å². The first-order chi connectivity index (χ1) is 17.7. The van der Waals surface area contributed by atoms with Crippen molar-refractivity contribution in [2.24, 2.45) is 0 Å². The molecule has 1 unspecified atom stereocenters. The number of thiazole rings is 1. The summed E-state index contributed by atoms with van der Waals surface area (Å²) in [5, 5.41) is 1.62. The number of rotatable bonds is 8. The number of nitrogens with zero attached hydrogens (tertiary/aromatic N) is 1. The fourth-order valence-corrected chi connectivity index (χ4v) is 4.24. The molecule has 0 fully saturated rings. The maximum absolute atomic E-state index is 15.2. The number of carbonyl (C=O) groups excluding carboxylic acids is 3. The molecule has 1 atom stereocenters. The quantitative estimate of drug-likeness (QED) is 0.182. The number of alkyl halides is 3. The summed E-state index contributed by atoms with van der Waals surface area (Å²) >= 11 is 6.49. The molecule has 3 rings (SSSR count). The Morgan fingerprint density at radius 2 is 1.84 bits per heavy atom. The SMILES string of the molecule is CCOC(=O)c1nc(-c2cc(OC(C)C(F)(F)F)c(C(=O)Nc3c(F)cccc3Cl)cc2F)sc1C(C)=O. The first-order valence-electron chi connectivity index (χ1n) is 10.8. The van der Waals surface area contributed by atoms with Crippen molar-refractivity contribution in [1.29, 1.82) is 0 Å². The van der Waals surface area contributed by atoms with Gasteiger partial charge in [-0.15, -0.1) is 11.3 Å². The van der Waals surface area contributed by atoms with Gasteiger partial charge in [0.05, 0.1) is 22.9 Å². The predicted octanol–water partition coefficient (Wildman–Crippen LogP) is 6.70. The highest BCUT2D eigenvalue weighted by Gasteiger charge is 2.39. The fraction of sp³-hybridized carbons (Fsp3) is 0.250. The molecule has 0 aliphatic rings. The minimum Gasteiger partial charge on any atom is -0.480 e. The number of Topliss-reactive ketones (excluding diaryl/α,β-unsaturated/α-hetero) is 1. The zero-order valence-electron chi connectivity index (χ0n) is 19.8. The van der Waals surface area contributed by atoms with Gasteiger partial charge in [0.15, 0.2) is 17.6 Å². The summed E-state index contributed by atoms with van der Waals surface area (Å²) < 4.78 is 79.0. The number of halogens is 6. The molecule has 1 N–H and O–H groups in total. The number of para-hydroxylation sites is 1. The van der Waals surface area contributed by atoms with Crippen LogP contribution in [0.3, 0.4) is 0 Å². The maximum atomic E-state index is 15.2. The molecular weight excluding hydrogens is 559 g/mol. The molecule has 3 aromatic rings. The molecule has 0 radical (unpaired) electrons. The van der Waals surface area contributed by atoms with Crippen molar-refractivity contribution in [2.45, 2.75) is 33.1 Å². The molecule has 0 aliphatic carbocycles. The normalized spacial score (nSPS) is 12.1. The number of ketones is 1. The molecule has 0 spiro atoms. The molecule has 0 saturated carbocycles. The average molecular weight is 577 g/mol. The van der Waals surface area contributed by atoms with Crippen LogP contribution in [-0.2, 0) is 4.74 Å². The van der Waals surface area contributed by atoms with Gasteiger partial charge in [-0.05, 0) is 38.1 Å². The van der Waals surface area contributed by atoms with E-state index in [9.17, 15) is 31.9 Å².